The van der Waals surface area contributed by atoms with Gasteiger partial charge in [0, 0.05) is 5.02 Å². The molecule has 0 aliphatic rings. The number of aromatic nitrogens is 2. The molecule has 0 aliphatic heterocycles. The average Bonchev–Trinajstić information content (AvgIpc) is 2.40. The van der Waals surface area contributed by atoms with Gasteiger partial charge in [0.05, 0.1) is 6.04 Å². The lowest BCUT2D eigenvalue weighted by Crippen LogP contribution is -2.27. The molecule has 2 rings (SSSR count). The Balaban J connectivity index is 2.06. The van der Waals surface area contributed by atoms with Crippen LogP contribution in [0.3, 0.4) is 0 Å². The fourth-order valence-electron chi connectivity index (χ4n) is 1.57. The SMILES string of the molecule is CC(NC(=O)c1ccc(N)nn1)c1ccc(Cl)cc1. The molecule has 1 aromatic carbocycles. The Labute approximate surface area is 115 Å². The molecule has 98 valence electrons. The van der Waals surface area contributed by atoms with E-state index in [1.54, 1.807) is 12.1 Å². The van der Waals surface area contributed by atoms with Crippen LogP contribution >= 0.6 is 11.6 Å². The van der Waals surface area contributed by atoms with E-state index in [9.17, 15) is 4.79 Å². The second-order valence-electron chi connectivity index (χ2n) is 4.09. The molecular formula is C13H13ClN4O. The van der Waals surface area contributed by atoms with Gasteiger partial charge in [-0.3, -0.25) is 4.79 Å². The van der Waals surface area contributed by atoms with Crippen LogP contribution in [0.2, 0.25) is 5.02 Å². The van der Waals surface area contributed by atoms with Crippen molar-refractivity contribution in [1.29, 1.82) is 0 Å². The maximum atomic E-state index is 11.9. The van der Waals surface area contributed by atoms with Crippen molar-refractivity contribution in [2.75, 3.05) is 5.73 Å². The van der Waals surface area contributed by atoms with Gasteiger partial charge in [0.15, 0.2) is 5.69 Å². The Bertz CT molecular complexity index is 568. The minimum absolute atomic E-state index is 0.149. The minimum Gasteiger partial charge on any atom is -0.382 e. The summed E-state index contributed by atoms with van der Waals surface area (Å²) in [6, 6.07) is 10.2. The number of carbonyl (C=O) groups is 1. The van der Waals surface area contributed by atoms with E-state index in [1.165, 1.54) is 12.1 Å². The summed E-state index contributed by atoms with van der Waals surface area (Å²) in [6.45, 7) is 1.88. The first-order chi connectivity index (χ1) is 9.06. The first kappa shape index (κ1) is 13.3. The van der Waals surface area contributed by atoms with E-state index >= 15 is 0 Å². The molecule has 2 aromatic rings. The Kier molecular flexibility index (Phi) is 3.97. The van der Waals surface area contributed by atoms with E-state index in [-0.39, 0.29) is 23.5 Å². The van der Waals surface area contributed by atoms with Crippen LogP contribution < -0.4 is 11.1 Å². The van der Waals surface area contributed by atoms with Gasteiger partial charge in [-0.2, -0.15) is 0 Å². The number of nitrogens with one attached hydrogen (secondary N) is 1. The number of amides is 1. The van der Waals surface area contributed by atoms with Crippen molar-refractivity contribution in [2.24, 2.45) is 0 Å². The highest BCUT2D eigenvalue weighted by atomic mass is 35.5. The van der Waals surface area contributed by atoms with Crippen LogP contribution in [0.4, 0.5) is 5.82 Å². The van der Waals surface area contributed by atoms with Crippen molar-refractivity contribution < 1.29 is 4.79 Å². The molecule has 5 nitrogen and oxygen atoms in total. The van der Waals surface area contributed by atoms with Gasteiger partial charge >= 0.3 is 0 Å². The van der Waals surface area contributed by atoms with Crippen LogP contribution in [-0.4, -0.2) is 16.1 Å². The van der Waals surface area contributed by atoms with Crippen molar-refractivity contribution in [3.63, 3.8) is 0 Å². The van der Waals surface area contributed by atoms with Gasteiger partial charge in [-0.05, 0) is 36.8 Å². The molecule has 0 spiro atoms. The number of halogens is 1. The van der Waals surface area contributed by atoms with Crippen LogP contribution in [0.25, 0.3) is 0 Å². The maximum absolute atomic E-state index is 11.9. The molecule has 0 saturated heterocycles. The summed E-state index contributed by atoms with van der Waals surface area (Å²) in [5, 5.41) is 10.9. The van der Waals surface area contributed by atoms with E-state index in [0.717, 1.165) is 5.56 Å². The lowest BCUT2D eigenvalue weighted by atomic mass is 10.1. The third-order valence-corrected chi connectivity index (χ3v) is 2.89. The number of rotatable bonds is 3. The predicted molar refractivity (Wildman–Crippen MR) is 73.8 cm³/mol. The highest BCUT2D eigenvalue weighted by molar-refractivity contribution is 6.30. The molecule has 1 atom stereocenters. The van der Waals surface area contributed by atoms with E-state index < -0.39 is 0 Å². The van der Waals surface area contributed by atoms with Crippen molar-refractivity contribution in [1.82, 2.24) is 15.5 Å². The number of nitrogens with two attached hydrogens (primary N) is 1. The number of hydrogen-bond acceptors (Lipinski definition) is 4. The first-order valence-electron chi connectivity index (χ1n) is 5.72. The number of nitrogen functional groups attached to an aromatic ring is 1. The summed E-state index contributed by atoms with van der Waals surface area (Å²) >= 11 is 5.82. The summed E-state index contributed by atoms with van der Waals surface area (Å²) in [5.74, 6) is -0.0164. The third kappa shape index (κ3) is 3.42. The summed E-state index contributed by atoms with van der Waals surface area (Å²) in [5.41, 5.74) is 6.61. The molecule has 0 aliphatic carbocycles. The van der Waals surface area contributed by atoms with E-state index in [2.05, 4.69) is 15.5 Å². The molecule has 0 saturated carbocycles. The molecule has 1 amide bonds. The summed E-state index contributed by atoms with van der Waals surface area (Å²) in [6.07, 6.45) is 0. The van der Waals surface area contributed by atoms with Gasteiger partial charge in [0.25, 0.3) is 5.91 Å². The number of carbonyl (C=O) groups excluding carboxylic acids is 1. The fraction of sp³-hybridized carbons (Fsp3) is 0.154. The first-order valence-corrected chi connectivity index (χ1v) is 6.09. The molecule has 3 N–H and O–H groups in total. The Morgan fingerprint density at radius 3 is 2.47 bits per heavy atom. The topological polar surface area (TPSA) is 80.9 Å². The van der Waals surface area contributed by atoms with Crippen LogP contribution in [0.5, 0.6) is 0 Å². The average molecular weight is 277 g/mol. The van der Waals surface area contributed by atoms with Gasteiger partial charge in [-0.15, -0.1) is 10.2 Å². The van der Waals surface area contributed by atoms with E-state index in [1.807, 2.05) is 19.1 Å². The Morgan fingerprint density at radius 2 is 1.89 bits per heavy atom. The van der Waals surface area contributed by atoms with Crippen LogP contribution in [0.1, 0.15) is 29.0 Å². The third-order valence-electron chi connectivity index (χ3n) is 2.64. The summed E-state index contributed by atoms with van der Waals surface area (Å²) in [7, 11) is 0. The zero-order valence-corrected chi connectivity index (χ0v) is 11.1. The highest BCUT2D eigenvalue weighted by Crippen LogP contribution is 2.16. The number of nitrogens with zero attached hydrogens (tertiary/aromatic N) is 2. The molecule has 6 heteroatoms. The molecule has 19 heavy (non-hydrogen) atoms. The Morgan fingerprint density at radius 1 is 1.21 bits per heavy atom. The van der Waals surface area contributed by atoms with Gasteiger partial charge in [0.2, 0.25) is 0 Å². The van der Waals surface area contributed by atoms with Crippen molar-refractivity contribution in [2.45, 2.75) is 13.0 Å². The van der Waals surface area contributed by atoms with Crippen molar-refractivity contribution in [3.05, 3.63) is 52.7 Å². The van der Waals surface area contributed by atoms with Gasteiger partial charge in [0.1, 0.15) is 5.82 Å². The van der Waals surface area contributed by atoms with Gasteiger partial charge in [-0.25, -0.2) is 0 Å². The normalized spacial score (nSPS) is 11.9. The lowest BCUT2D eigenvalue weighted by molar-refractivity contribution is 0.0934. The molecular weight excluding hydrogens is 264 g/mol. The standard InChI is InChI=1S/C13H13ClN4O/c1-8(9-2-4-10(14)5-3-9)16-13(19)11-6-7-12(15)18-17-11/h2-8H,1H3,(H2,15,18)(H,16,19). The minimum atomic E-state index is -0.296. The predicted octanol–water partition coefficient (Wildman–Crippen LogP) is 2.20. The largest absolute Gasteiger partial charge is 0.382 e. The van der Waals surface area contributed by atoms with Crippen molar-refractivity contribution >= 4 is 23.3 Å². The zero-order chi connectivity index (χ0) is 13.8. The summed E-state index contributed by atoms with van der Waals surface area (Å²) < 4.78 is 0. The van der Waals surface area contributed by atoms with Gasteiger partial charge in [-0.1, -0.05) is 23.7 Å². The molecule has 1 heterocycles. The molecule has 0 bridgehead atoms. The molecule has 1 unspecified atom stereocenters. The van der Waals surface area contributed by atoms with Crippen LogP contribution in [0, 0.1) is 0 Å². The zero-order valence-electron chi connectivity index (χ0n) is 10.3. The van der Waals surface area contributed by atoms with Gasteiger partial charge < -0.3 is 11.1 Å². The fourth-order valence-corrected chi connectivity index (χ4v) is 1.70. The quantitative estimate of drug-likeness (QED) is 0.900. The van der Waals surface area contributed by atoms with Crippen LogP contribution in [0.15, 0.2) is 36.4 Å². The highest BCUT2D eigenvalue weighted by Gasteiger charge is 2.12. The second-order valence-corrected chi connectivity index (χ2v) is 4.53. The van der Waals surface area contributed by atoms with E-state index in [4.69, 9.17) is 17.3 Å². The van der Waals surface area contributed by atoms with Crippen LogP contribution in [-0.2, 0) is 0 Å². The molecule has 0 fully saturated rings. The van der Waals surface area contributed by atoms with Crippen molar-refractivity contribution in [3.8, 4) is 0 Å². The summed E-state index contributed by atoms with van der Waals surface area (Å²) in [4.78, 5) is 11.9. The Hall–Kier alpha value is -2.14. The molecule has 0 radical (unpaired) electrons. The maximum Gasteiger partial charge on any atom is 0.272 e. The monoisotopic (exact) mass is 276 g/mol. The lowest BCUT2D eigenvalue weighted by Gasteiger charge is -2.13. The smallest absolute Gasteiger partial charge is 0.272 e. The number of benzene rings is 1. The van der Waals surface area contributed by atoms with E-state index in [0.29, 0.717) is 5.02 Å². The number of anilines is 1. The molecule has 1 aromatic heterocycles. The second kappa shape index (κ2) is 5.67. The number of hydrogen-bond donors (Lipinski definition) is 2.